The van der Waals surface area contributed by atoms with E-state index in [0.717, 1.165) is 26.9 Å². The summed E-state index contributed by atoms with van der Waals surface area (Å²) in [5, 5.41) is 13.7. The normalized spacial score (nSPS) is 13.1. The van der Waals surface area contributed by atoms with Crippen molar-refractivity contribution in [2.45, 2.75) is 39.3 Å². The highest BCUT2D eigenvalue weighted by Gasteiger charge is 2.26. The Morgan fingerprint density at radius 1 is 0.939 bits per heavy atom. The number of hydrogen-bond acceptors (Lipinski definition) is 8. The molecule has 1 amide bonds. The molecule has 3 aromatic carbocycles. The van der Waals surface area contributed by atoms with Gasteiger partial charge >= 0.3 is 12.1 Å². The average molecular weight is 672 g/mol. The number of fused-ring (bicyclic) bond motifs is 2. The van der Waals surface area contributed by atoms with Crippen molar-refractivity contribution in [2.24, 2.45) is 0 Å². The van der Waals surface area contributed by atoms with Crippen LogP contribution in [0.1, 0.15) is 50.2 Å². The highest BCUT2D eigenvalue weighted by Crippen LogP contribution is 2.32. The summed E-state index contributed by atoms with van der Waals surface area (Å²) in [6, 6.07) is 28.4. The molecule has 11 heteroatoms. The molecule has 1 unspecified atom stereocenters. The lowest BCUT2D eigenvalue weighted by atomic mass is 9.94. The van der Waals surface area contributed by atoms with E-state index in [9.17, 15) is 19.5 Å². The Labute approximate surface area is 286 Å². The number of nitrogens with one attached hydrogen (secondary N) is 1. The van der Waals surface area contributed by atoms with E-state index >= 15 is 0 Å². The van der Waals surface area contributed by atoms with Crippen molar-refractivity contribution in [3.63, 3.8) is 0 Å². The summed E-state index contributed by atoms with van der Waals surface area (Å²) in [6.45, 7) is 4.57. The third-order valence-electron chi connectivity index (χ3n) is 8.74. The van der Waals surface area contributed by atoms with Crippen LogP contribution in [0, 0.1) is 6.92 Å². The predicted molar refractivity (Wildman–Crippen MR) is 190 cm³/mol. The van der Waals surface area contributed by atoms with Crippen LogP contribution in [0.2, 0.25) is 0 Å². The first kappa shape index (κ1) is 31.8. The van der Waals surface area contributed by atoms with Crippen LogP contribution in [0.4, 0.5) is 15.7 Å². The molecule has 49 heavy (non-hydrogen) atoms. The van der Waals surface area contributed by atoms with Gasteiger partial charge in [-0.15, -0.1) is 0 Å². The molecule has 10 nitrogen and oxygen atoms in total. The molecule has 0 spiro atoms. The summed E-state index contributed by atoms with van der Waals surface area (Å²) in [5.41, 5.74) is 5.74. The molecular weight excluding hydrogens is 639 g/mol. The van der Waals surface area contributed by atoms with Crippen molar-refractivity contribution in [2.75, 3.05) is 16.8 Å². The lowest BCUT2D eigenvalue weighted by Crippen LogP contribution is -2.33. The van der Waals surface area contributed by atoms with E-state index in [1.807, 2.05) is 78.6 Å². The summed E-state index contributed by atoms with van der Waals surface area (Å²) in [5.74, 6) is -0.948. The minimum absolute atomic E-state index is 0.128. The number of ether oxygens (including phenoxy) is 1. The van der Waals surface area contributed by atoms with Gasteiger partial charge in [0, 0.05) is 48.1 Å². The second-order valence-electron chi connectivity index (χ2n) is 12.0. The van der Waals surface area contributed by atoms with Gasteiger partial charge < -0.3 is 14.7 Å². The van der Waals surface area contributed by atoms with Gasteiger partial charge in [-0.2, -0.15) is 0 Å². The standard InChI is InChI=1S/C38H33N5O5S/c1-23(21-25-9-4-3-5-10-25)48-38(47)43-20-18-27(24(43)2)28-15-16-33(40-34(28)36(45)46)42-19-17-26-11-8-12-29(30(26)22-42)35(44)41-37-39-31-13-6-7-14-32(31)49-37/h3-16,18,20,23H,17,19,21-22H2,1-2H3,(H,45,46)(H,39,41,44). The number of pyridine rings is 1. The first-order valence-corrected chi connectivity index (χ1v) is 16.8. The van der Waals surface area contributed by atoms with Crippen LogP contribution in [0.3, 0.4) is 0 Å². The van der Waals surface area contributed by atoms with Gasteiger partial charge in [-0.05, 0) is 73.4 Å². The van der Waals surface area contributed by atoms with Crippen molar-refractivity contribution >= 4 is 50.5 Å². The molecule has 2 N–H and O–H groups in total. The summed E-state index contributed by atoms with van der Waals surface area (Å²) in [7, 11) is 0. The molecule has 6 aromatic rings. The number of rotatable bonds is 8. The number of carboxylic acids is 1. The maximum atomic E-state index is 13.5. The molecule has 7 rings (SSSR count). The van der Waals surface area contributed by atoms with Crippen molar-refractivity contribution in [3.8, 4) is 11.1 Å². The number of aromatic carboxylic acids is 1. The number of nitrogens with zero attached hydrogens (tertiary/aromatic N) is 4. The molecule has 0 bridgehead atoms. The monoisotopic (exact) mass is 671 g/mol. The number of benzene rings is 3. The lowest BCUT2D eigenvalue weighted by molar-refractivity contribution is 0.0691. The van der Waals surface area contributed by atoms with Gasteiger partial charge in [-0.25, -0.2) is 19.6 Å². The summed E-state index contributed by atoms with van der Waals surface area (Å²) in [4.78, 5) is 50.2. The van der Waals surface area contributed by atoms with Crippen LogP contribution in [0.5, 0.6) is 0 Å². The minimum atomic E-state index is -1.18. The summed E-state index contributed by atoms with van der Waals surface area (Å²) >= 11 is 1.42. The van der Waals surface area contributed by atoms with Gasteiger partial charge in [0.25, 0.3) is 5.91 Å². The van der Waals surface area contributed by atoms with E-state index in [4.69, 9.17) is 4.74 Å². The van der Waals surface area contributed by atoms with Gasteiger partial charge in [0.2, 0.25) is 0 Å². The van der Waals surface area contributed by atoms with Crippen LogP contribution < -0.4 is 10.2 Å². The molecule has 1 aliphatic rings. The fraction of sp³-hybridized carbons (Fsp3) is 0.184. The quantitative estimate of drug-likeness (QED) is 0.169. The van der Waals surface area contributed by atoms with Crippen LogP contribution in [-0.4, -0.2) is 50.3 Å². The first-order valence-electron chi connectivity index (χ1n) is 16.0. The van der Waals surface area contributed by atoms with Crippen molar-refractivity contribution < 1.29 is 24.2 Å². The number of amides is 1. The van der Waals surface area contributed by atoms with Crippen molar-refractivity contribution in [1.82, 2.24) is 14.5 Å². The van der Waals surface area contributed by atoms with Gasteiger partial charge in [-0.3, -0.25) is 14.7 Å². The molecule has 1 aliphatic heterocycles. The fourth-order valence-corrected chi connectivity index (χ4v) is 7.16. The fourth-order valence-electron chi connectivity index (χ4n) is 6.29. The number of aromatic nitrogens is 3. The Balaban J connectivity index is 1.10. The molecule has 4 heterocycles. The highest BCUT2D eigenvalue weighted by molar-refractivity contribution is 7.22. The minimum Gasteiger partial charge on any atom is -0.476 e. The van der Waals surface area contributed by atoms with Gasteiger partial charge in [0.15, 0.2) is 10.8 Å². The highest BCUT2D eigenvalue weighted by atomic mass is 32.1. The van der Waals surface area contributed by atoms with Crippen LogP contribution in [-0.2, 0) is 24.1 Å². The largest absolute Gasteiger partial charge is 0.476 e. The lowest BCUT2D eigenvalue weighted by Gasteiger charge is -2.31. The maximum Gasteiger partial charge on any atom is 0.418 e. The number of para-hydroxylation sites is 1. The van der Waals surface area contributed by atoms with Crippen molar-refractivity contribution in [1.29, 1.82) is 0 Å². The maximum absolute atomic E-state index is 13.5. The van der Waals surface area contributed by atoms with Crippen LogP contribution in [0.25, 0.3) is 21.3 Å². The number of carbonyl (C=O) groups is 3. The Hall–Kier alpha value is -5.81. The molecule has 0 aliphatic carbocycles. The molecule has 0 fully saturated rings. The average Bonchev–Trinajstić information content (AvgIpc) is 3.70. The smallest absolute Gasteiger partial charge is 0.418 e. The zero-order valence-electron chi connectivity index (χ0n) is 26.9. The van der Waals surface area contributed by atoms with E-state index < -0.39 is 12.1 Å². The number of anilines is 2. The second-order valence-corrected chi connectivity index (χ2v) is 13.0. The Morgan fingerprint density at radius 3 is 2.53 bits per heavy atom. The molecule has 0 radical (unpaired) electrons. The summed E-state index contributed by atoms with van der Waals surface area (Å²) < 4.78 is 8.08. The summed E-state index contributed by atoms with van der Waals surface area (Å²) in [6.07, 6.45) is 1.93. The Kier molecular flexibility index (Phi) is 8.66. The molecule has 1 atom stereocenters. The van der Waals surface area contributed by atoms with E-state index in [1.54, 1.807) is 37.4 Å². The number of thiazole rings is 1. The molecule has 0 saturated carbocycles. The molecule has 246 valence electrons. The zero-order chi connectivity index (χ0) is 34.1. The topological polar surface area (TPSA) is 127 Å². The Bertz CT molecular complexity index is 2180. The van der Waals surface area contributed by atoms with Crippen molar-refractivity contribution in [3.05, 3.63) is 131 Å². The predicted octanol–water partition coefficient (Wildman–Crippen LogP) is 7.60. The van der Waals surface area contributed by atoms with E-state index in [-0.39, 0.29) is 17.7 Å². The molecule has 3 aromatic heterocycles. The zero-order valence-corrected chi connectivity index (χ0v) is 27.7. The second kappa shape index (κ2) is 13.4. The number of carboxylic acid groups (broad SMARTS) is 1. The van der Waals surface area contributed by atoms with Gasteiger partial charge in [0.1, 0.15) is 11.9 Å². The third kappa shape index (κ3) is 6.53. The van der Waals surface area contributed by atoms with Gasteiger partial charge in [-0.1, -0.05) is 65.9 Å². The van der Waals surface area contributed by atoms with Crippen LogP contribution >= 0.6 is 11.3 Å². The Morgan fingerprint density at radius 2 is 1.73 bits per heavy atom. The SMILES string of the molecule is Cc1c(-c2ccc(N3CCc4cccc(C(=O)Nc5nc6ccccc6s5)c4C3)nc2C(=O)O)ccn1C(=O)OC(C)Cc1ccccc1. The number of hydrogen-bond donors (Lipinski definition) is 2. The molecular formula is C38H33N5O5S. The van der Waals surface area contributed by atoms with E-state index in [0.29, 0.717) is 59.3 Å². The first-order chi connectivity index (χ1) is 23.7. The van der Waals surface area contributed by atoms with Crippen LogP contribution in [0.15, 0.2) is 97.2 Å². The van der Waals surface area contributed by atoms with Gasteiger partial charge in [0.05, 0.1) is 10.2 Å². The molecule has 0 saturated heterocycles. The van der Waals surface area contributed by atoms with E-state index in [1.165, 1.54) is 15.9 Å². The number of carbonyl (C=O) groups excluding carboxylic acids is 2. The third-order valence-corrected chi connectivity index (χ3v) is 9.69. The van der Waals surface area contributed by atoms with E-state index in [2.05, 4.69) is 15.3 Å².